The van der Waals surface area contributed by atoms with Crippen LogP contribution in [0.1, 0.15) is 16.1 Å². The fraction of sp³-hybridized carbons (Fsp3) is 0.133. The molecule has 1 aromatic heterocycles. The van der Waals surface area contributed by atoms with Gasteiger partial charge in [0.05, 0.1) is 0 Å². The second-order valence-electron chi connectivity index (χ2n) is 4.43. The molecule has 2 rings (SSSR count). The first-order chi connectivity index (χ1) is 9.99. The number of pyridine rings is 1. The Morgan fingerprint density at radius 3 is 2.67 bits per heavy atom. The number of aliphatic carboxylic acids is 1. The molecule has 2 aromatic rings. The fourth-order valence-corrected chi connectivity index (χ4v) is 2.08. The predicted molar refractivity (Wildman–Crippen MR) is 79.7 cm³/mol. The lowest BCUT2D eigenvalue weighted by molar-refractivity contribution is -0.135. The zero-order valence-electron chi connectivity index (χ0n) is 11.3. The number of hydrogen-bond acceptors (Lipinski definition) is 3. The largest absolute Gasteiger partial charge is 0.480 e. The summed E-state index contributed by atoms with van der Waals surface area (Å²) < 4.78 is 0. The monoisotopic (exact) mass is 304 g/mol. The van der Waals surface area contributed by atoms with E-state index in [0.29, 0.717) is 16.3 Å². The number of hydrogen-bond donors (Lipinski definition) is 1. The Kier molecular flexibility index (Phi) is 4.55. The zero-order valence-corrected chi connectivity index (χ0v) is 12.0. The molecule has 6 heteroatoms. The highest BCUT2D eigenvalue weighted by Crippen LogP contribution is 2.21. The smallest absolute Gasteiger partial charge is 0.323 e. The molecule has 0 saturated heterocycles. The first-order valence-electron chi connectivity index (χ1n) is 6.20. The number of carbonyl (C=O) groups is 2. The number of aromatic nitrogens is 1. The van der Waals surface area contributed by atoms with Crippen LogP contribution in [0, 0.1) is 6.92 Å². The summed E-state index contributed by atoms with van der Waals surface area (Å²) in [5.74, 6) is -1.59. The van der Waals surface area contributed by atoms with Gasteiger partial charge in [0.15, 0.2) is 0 Å². The van der Waals surface area contributed by atoms with Crippen molar-refractivity contribution in [3.63, 3.8) is 0 Å². The highest BCUT2D eigenvalue weighted by atomic mass is 35.5. The van der Waals surface area contributed by atoms with Gasteiger partial charge in [0.2, 0.25) is 0 Å². The summed E-state index contributed by atoms with van der Waals surface area (Å²) in [6, 6.07) is 9.95. The van der Waals surface area contributed by atoms with Crippen LogP contribution in [0.2, 0.25) is 5.02 Å². The number of rotatable bonds is 4. The molecule has 0 aliphatic carbocycles. The maximum absolute atomic E-state index is 12.6. The molecule has 1 aromatic carbocycles. The lowest BCUT2D eigenvalue weighted by atomic mass is 10.2. The van der Waals surface area contributed by atoms with Crippen molar-refractivity contribution >= 4 is 29.2 Å². The number of aryl methyl sites for hydroxylation is 1. The Balaban J connectivity index is 2.43. The molecule has 21 heavy (non-hydrogen) atoms. The van der Waals surface area contributed by atoms with E-state index in [9.17, 15) is 9.59 Å². The molecule has 0 atom stereocenters. The van der Waals surface area contributed by atoms with Gasteiger partial charge in [0, 0.05) is 16.9 Å². The average Bonchev–Trinajstić information content (AvgIpc) is 2.44. The molecule has 1 heterocycles. The Labute approximate surface area is 126 Å². The lowest BCUT2D eigenvalue weighted by Gasteiger charge is -2.21. The molecule has 0 saturated carbocycles. The number of carboxylic acids is 1. The number of halogens is 1. The molecule has 5 nitrogen and oxygen atoms in total. The fourth-order valence-electron chi connectivity index (χ4n) is 1.90. The van der Waals surface area contributed by atoms with E-state index in [1.54, 1.807) is 43.3 Å². The second kappa shape index (κ2) is 6.37. The predicted octanol–water partition coefficient (Wildman–Crippen LogP) is 2.77. The minimum absolute atomic E-state index is 0.221. The minimum Gasteiger partial charge on any atom is -0.480 e. The first kappa shape index (κ1) is 15.0. The maximum atomic E-state index is 12.6. The van der Waals surface area contributed by atoms with Gasteiger partial charge in [-0.05, 0) is 36.8 Å². The van der Waals surface area contributed by atoms with E-state index in [4.69, 9.17) is 16.7 Å². The van der Waals surface area contributed by atoms with Gasteiger partial charge in [-0.2, -0.15) is 0 Å². The quantitative estimate of drug-likeness (QED) is 0.943. The van der Waals surface area contributed by atoms with Crippen molar-refractivity contribution in [2.45, 2.75) is 6.92 Å². The van der Waals surface area contributed by atoms with Crippen molar-refractivity contribution in [3.8, 4) is 0 Å². The second-order valence-corrected chi connectivity index (χ2v) is 4.87. The Hall–Kier alpha value is -2.40. The molecule has 1 amide bonds. The summed E-state index contributed by atoms with van der Waals surface area (Å²) >= 11 is 5.91. The Bertz CT molecular complexity index is 688. The minimum atomic E-state index is -1.11. The molecule has 0 unspecified atom stereocenters. The Morgan fingerprint density at radius 1 is 1.29 bits per heavy atom. The summed E-state index contributed by atoms with van der Waals surface area (Å²) in [6.45, 7) is 1.28. The number of carboxylic acid groups (broad SMARTS) is 1. The average molecular weight is 305 g/mol. The summed E-state index contributed by atoms with van der Waals surface area (Å²) in [5, 5.41) is 9.46. The van der Waals surface area contributed by atoms with Crippen LogP contribution in [0.15, 0.2) is 42.6 Å². The van der Waals surface area contributed by atoms with E-state index < -0.39 is 18.4 Å². The highest BCUT2D eigenvalue weighted by molar-refractivity contribution is 6.31. The van der Waals surface area contributed by atoms with Gasteiger partial charge in [0.1, 0.15) is 12.2 Å². The van der Waals surface area contributed by atoms with E-state index >= 15 is 0 Å². The van der Waals surface area contributed by atoms with Gasteiger partial charge in [-0.15, -0.1) is 0 Å². The van der Waals surface area contributed by atoms with E-state index in [1.165, 1.54) is 6.20 Å². The van der Waals surface area contributed by atoms with Gasteiger partial charge in [-0.3, -0.25) is 19.5 Å². The molecule has 0 aliphatic heterocycles. The van der Waals surface area contributed by atoms with Crippen LogP contribution >= 0.6 is 11.6 Å². The van der Waals surface area contributed by atoms with Gasteiger partial charge < -0.3 is 5.11 Å². The molecule has 0 fully saturated rings. The summed E-state index contributed by atoms with van der Waals surface area (Å²) in [7, 11) is 0. The third-order valence-electron chi connectivity index (χ3n) is 2.87. The first-order valence-corrected chi connectivity index (χ1v) is 6.57. The van der Waals surface area contributed by atoms with Crippen LogP contribution in [0.25, 0.3) is 0 Å². The van der Waals surface area contributed by atoms with Crippen molar-refractivity contribution in [2.24, 2.45) is 0 Å². The summed E-state index contributed by atoms with van der Waals surface area (Å²) in [5.41, 5.74) is 1.32. The molecule has 0 radical (unpaired) electrons. The number of amides is 1. The number of anilines is 1. The molecule has 0 spiro atoms. The normalized spacial score (nSPS) is 10.2. The van der Waals surface area contributed by atoms with Gasteiger partial charge in [0.25, 0.3) is 5.91 Å². The molecule has 1 N–H and O–H groups in total. The third-order valence-corrected chi connectivity index (χ3v) is 3.11. The van der Waals surface area contributed by atoms with Gasteiger partial charge in [-0.25, -0.2) is 0 Å². The highest BCUT2D eigenvalue weighted by Gasteiger charge is 2.22. The standard InChI is InChI=1S/C15H13ClN2O3/c1-10-4-3-7-17-14(10)15(21)18(9-13(19)20)12-6-2-5-11(16)8-12/h2-8H,9H2,1H3,(H,19,20). The van der Waals surface area contributed by atoms with Crippen LogP contribution in [0.5, 0.6) is 0 Å². The van der Waals surface area contributed by atoms with Crippen LogP contribution in [-0.4, -0.2) is 28.5 Å². The molecular weight excluding hydrogens is 292 g/mol. The van der Waals surface area contributed by atoms with Crippen LogP contribution in [-0.2, 0) is 4.79 Å². The zero-order chi connectivity index (χ0) is 15.4. The number of benzene rings is 1. The van der Waals surface area contributed by atoms with E-state index in [-0.39, 0.29) is 5.69 Å². The summed E-state index contributed by atoms with van der Waals surface area (Å²) in [6.07, 6.45) is 1.50. The summed E-state index contributed by atoms with van der Waals surface area (Å²) in [4.78, 5) is 28.8. The molecule has 108 valence electrons. The van der Waals surface area contributed by atoms with Gasteiger partial charge in [-0.1, -0.05) is 23.7 Å². The molecule has 0 bridgehead atoms. The van der Waals surface area contributed by atoms with Crippen molar-refractivity contribution in [3.05, 3.63) is 58.9 Å². The lowest BCUT2D eigenvalue weighted by Crippen LogP contribution is -2.36. The SMILES string of the molecule is Cc1cccnc1C(=O)N(CC(=O)O)c1cccc(Cl)c1. The van der Waals surface area contributed by atoms with Crippen molar-refractivity contribution < 1.29 is 14.7 Å². The van der Waals surface area contributed by atoms with Crippen molar-refractivity contribution in [2.75, 3.05) is 11.4 Å². The Morgan fingerprint density at radius 2 is 2.05 bits per heavy atom. The topological polar surface area (TPSA) is 70.5 Å². The number of nitrogens with zero attached hydrogens (tertiary/aromatic N) is 2. The number of carbonyl (C=O) groups excluding carboxylic acids is 1. The van der Waals surface area contributed by atoms with Crippen LogP contribution in [0.3, 0.4) is 0 Å². The maximum Gasteiger partial charge on any atom is 0.323 e. The van der Waals surface area contributed by atoms with E-state index in [1.807, 2.05) is 0 Å². The van der Waals surface area contributed by atoms with Crippen molar-refractivity contribution in [1.29, 1.82) is 0 Å². The van der Waals surface area contributed by atoms with E-state index in [0.717, 1.165) is 4.90 Å². The van der Waals surface area contributed by atoms with Gasteiger partial charge >= 0.3 is 5.97 Å². The van der Waals surface area contributed by atoms with Crippen molar-refractivity contribution in [1.82, 2.24) is 4.98 Å². The van der Waals surface area contributed by atoms with E-state index in [2.05, 4.69) is 4.98 Å². The molecule has 0 aliphatic rings. The molecular formula is C15H13ClN2O3. The van der Waals surface area contributed by atoms with Crippen LogP contribution in [0.4, 0.5) is 5.69 Å². The third kappa shape index (κ3) is 3.58. The van der Waals surface area contributed by atoms with Crippen LogP contribution < -0.4 is 4.90 Å².